The summed E-state index contributed by atoms with van der Waals surface area (Å²) in [6.45, 7) is 5.64. The van der Waals surface area contributed by atoms with Gasteiger partial charge < -0.3 is 0 Å². The van der Waals surface area contributed by atoms with E-state index in [-0.39, 0.29) is 0 Å². The Morgan fingerprint density at radius 1 is 1.58 bits per heavy atom. The maximum Gasteiger partial charge on any atom is 0.0178 e. The summed E-state index contributed by atoms with van der Waals surface area (Å²) in [5.41, 5.74) is 5.35. The molecule has 0 aromatic heterocycles. The van der Waals surface area contributed by atoms with Crippen LogP contribution in [-0.2, 0) is 6.42 Å². The topological polar surface area (TPSA) is 0 Å². The number of rotatable bonds is 2. The Labute approximate surface area is 81.7 Å². The van der Waals surface area contributed by atoms with Crippen LogP contribution < -0.4 is 0 Å². The summed E-state index contributed by atoms with van der Waals surface area (Å²) in [5, 5.41) is 0. The average molecular weight is 223 g/mol. The van der Waals surface area contributed by atoms with E-state index < -0.39 is 0 Å². The zero-order valence-corrected chi connectivity index (χ0v) is 8.69. The lowest BCUT2D eigenvalue weighted by molar-refractivity contribution is 1.15. The van der Waals surface area contributed by atoms with E-state index in [0.717, 1.165) is 10.9 Å². The molecule has 0 nitrogen and oxygen atoms in total. The standard InChI is InChI=1S/C11H11Br/c1-3-9(2)7-10-5-4-6-11(12)8-10/h4-6,8H,1,7H2,2H3. The molecule has 0 aliphatic carbocycles. The average Bonchev–Trinajstić information content (AvgIpc) is 2.04. The molecule has 0 radical (unpaired) electrons. The summed E-state index contributed by atoms with van der Waals surface area (Å²) < 4.78 is 1.12. The fraction of sp³-hybridized carbons (Fsp3) is 0.182. The summed E-state index contributed by atoms with van der Waals surface area (Å²) in [5.74, 6) is 0. The molecule has 0 amide bonds. The zero-order chi connectivity index (χ0) is 8.97. The normalized spacial score (nSPS) is 9.17. The Morgan fingerprint density at radius 3 is 2.92 bits per heavy atom. The maximum absolute atomic E-state index is 3.61. The van der Waals surface area contributed by atoms with Crippen molar-refractivity contribution in [3.05, 3.63) is 52.2 Å². The highest BCUT2D eigenvalue weighted by molar-refractivity contribution is 9.10. The van der Waals surface area contributed by atoms with Crippen molar-refractivity contribution < 1.29 is 0 Å². The minimum atomic E-state index is 0.933. The fourth-order valence-corrected chi connectivity index (χ4v) is 1.46. The van der Waals surface area contributed by atoms with Gasteiger partial charge in [0.15, 0.2) is 0 Å². The first-order chi connectivity index (χ1) is 5.72. The van der Waals surface area contributed by atoms with Gasteiger partial charge in [0.05, 0.1) is 0 Å². The van der Waals surface area contributed by atoms with E-state index in [0.29, 0.717) is 0 Å². The molecule has 0 saturated heterocycles. The highest BCUT2D eigenvalue weighted by Gasteiger charge is 1.93. The molecule has 0 unspecified atom stereocenters. The van der Waals surface area contributed by atoms with Crippen LogP contribution in [0.3, 0.4) is 0 Å². The number of hydrogen-bond donors (Lipinski definition) is 0. The van der Waals surface area contributed by atoms with Crippen LogP contribution in [0, 0.1) is 0 Å². The van der Waals surface area contributed by atoms with Gasteiger partial charge in [0, 0.05) is 10.9 Å². The minimum Gasteiger partial charge on any atom is -0.130 e. The summed E-state index contributed by atoms with van der Waals surface area (Å²) >= 11 is 3.43. The molecule has 1 aromatic carbocycles. The van der Waals surface area contributed by atoms with Crippen LogP contribution in [0.5, 0.6) is 0 Å². The molecule has 0 atom stereocenters. The predicted molar refractivity (Wildman–Crippen MR) is 56.2 cm³/mol. The molecule has 0 N–H and O–H groups in total. The molecule has 0 spiro atoms. The quantitative estimate of drug-likeness (QED) is 0.670. The van der Waals surface area contributed by atoms with Crippen LogP contribution >= 0.6 is 15.9 Å². The molecule has 1 aromatic rings. The Bertz CT molecular complexity index is 320. The van der Waals surface area contributed by atoms with Gasteiger partial charge in [-0.2, -0.15) is 0 Å². The predicted octanol–water partition coefficient (Wildman–Crippen LogP) is 3.72. The first-order valence-corrected chi connectivity index (χ1v) is 4.61. The second-order valence-electron chi connectivity index (χ2n) is 2.76. The molecule has 0 heterocycles. The van der Waals surface area contributed by atoms with Gasteiger partial charge in [-0.25, -0.2) is 0 Å². The van der Waals surface area contributed by atoms with Crippen LogP contribution in [0.1, 0.15) is 12.5 Å². The van der Waals surface area contributed by atoms with E-state index in [9.17, 15) is 0 Å². The molecule has 1 rings (SSSR count). The zero-order valence-electron chi connectivity index (χ0n) is 7.10. The lowest BCUT2D eigenvalue weighted by Crippen LogP contribution is -1.84. The molecular weight excluding hydrogens is 212 g/mol. The van der Waals surface area contributed by atoms with E-state index in [1.165, 1.54) is 11.1 Å². The van der Waals surface area contributed by atoms with E-state index >= 15 is 0 Å². The van der Waals surface area contributed by atoms with E-state index in [4.69, 9.17) is 0 Å². The summed E-state index contributed by atoms with van der Waals surface area (Å²) in [6, 6.07) is 8.28. The van der Waals surface area contributed by atoms with Gasteiger partial charge in [-0.1, -0.05) is 34.6 Å². The van der Waals surface area contributed by atoms with Crippen LogP contribution in [0.2, 0.25) is 0 Å². The molecular formula is C11H11Br. The Morgan fingerprint density at radius 2 is 2.33 bits per heavy atom. The summed E-state index contributed by atoms with van der Waals surface area (Å²) in [7, 11) is 0. The summed E-state index contributed by atoms with van der Waals surface area (Å²) in [6.07, 6.45) is 0.933. The lowest BCUT2D eigenvalue weighted by Gasteiger charge is -1.99. The largest absolute Gasteiger partial charge is 0.130 e. The Kier molecular flexibility index (Phi) is 3.33. The van der Waals surface area contributed by atoms with E-state index in [1.54, 1.807) is 0 Å². The first kappa shape index (κ1) is 9.31. The third kappa shape index (κ3) is 2.69. The molecule has 0 aliphatic heterocycles. The molecule has 62 valence electrons. The molecule has 0 bridgehead atoms. The molecule has 0 fully saturated rings. The van der Waals surface area contributed by atoms with Crippen molar-refractivity contribution in [3.63, 3.8) is 0 Å². The number of hydrogen-bond acceptors (Lipinski definition) is 0. The highest BCUT2D eigenvalue weighted by atomic mass is 79.9. The number of benzene rings is 1. The van der Waals surface area contributed by atoms with Crippen molar-refractivity contribution >= 4 is 15.9 Å². The van der Waals surface area contributed by atoms with Crippen molar-refractivity contribution in [2.75, 3.05) is 0 Å². The van der Waals surface area contributed by atoms with Gasteiger partial charge in [0.25, 0.3) is 0 Å². The Hall–Kier alpha value is -0.780. The van der Waals surface area contributed by atoms with Gasteiger partial charge in [0.2, 0.25) is 0 Å². The van der Waals surface area contributed by atoms with Crippen molar-refractivity contribution in [3.8, 4) is 0 Å². The van der Waals surface area contributed by atoms with Gasteiger partial charge in [-0.05, 0) is 30.2 Å². The monoisotopic (exact) mass is 222 g/mol. The number of halogens is 1. The minimum absolute atomic E-state index is 0.933. The molecule has 0 aliphatic rings. The highest BCUT2D eigenvalue weighted by Crippen LogP contribution is 2.13. The first-order valence-electron chi connectivity index (χ1n) is 3.82. The SMILES string of the molecule is C=C=C(C)Cc1cccc(Br)c1. The van der Waals surface area contributed by atoms with Gasteiger partial charge in [-0.3, -0.25) is 0 Å². The van der Waals surface area contributed by atoms with Gasteiger partial charge >= 0.3 is 0 Å². The second-order valence-corrected chi connectivity index (χ2v) is 3.68. The van der Waals surface area contributed by atoms with Crippen LogP contribution in [0.4, 0.5) is 0 Å². The summed E-state index contributed by atoms with van der Waals surface area (Å²) in [4.78, 5) is 0. The smallest absolute Gasteiger partial charge is 0.0178 e. The third-order valence-corrected chi connectivity index (χ3v) is 2.15. The van der Waals surface area contributed by atoms with Crippen LogP contribution in [0.25, 0.3) is 0 Å². The van der Waals surface area contributed by atoms with Gasteiger partial charge in [0.1, 0.15) is 0 Å². The fourth-order valence-electron chi connectivity index (χ4n) is 1.02. The third-order valence-electron chi connectivity index (χ3n) is 1.66. The van der Waals surface area contributed by atoms with E-state index in [1.807, 2.05) is 19.1 Å². The lowest BCUT2D eigenvalue weighted by atomic mass is 10.1. The second kappa shape index (κ2) is 4.30. The van der Waals surface area contributed by atoms with Crippen molar-refractivity contribution in [2.24, 2.45) is 0 Å². The van der Waals surface area contributed by atoms with E-state index in [2.05, 4.69) is 40.4 Å². The number of allylic oxidation sites excluding steroid dienone is 1. The van der Waals surface area contributed by atoms with Crippen molar-refractivity contribution in [1.29, 1.82) is 0 Å². The van der Waals surface area contributed by atoms with Crippen LogP contribution in [0.15, 0.2) is 46.6 Å². The maximum atomic E-state index is 3.61. The van der Waals surface area contributed by atoms with Gasteiger partial charge in [-0.15, -0.1) is 5.73 Å². The molecule has 0 saturated carbocycles. The Balaban J connectivity index is 2.83. The van der Waals surface area contributed by atoms with Crippen molar-refractivity contribution in [2.45, 2.75) is 13.3 Å². The van der Waals surface area contributed by atoms with Crippen molar-refractivity contribution in [1.82, 2.24) is 0 Å². The molecule has 12 heavy (non-hydrogen) atoms. The molecule has 1 heteroatoms. The van der Waals surface area contributed by atoms with Crippen LogP contribution in [-0.4, -0.2) is 0 Å².